The summed E-state index contributed by atoms with van der Waals surface area (Å²) < 4.78 is 5.29. The molecule has 7 heteroatoms. The molecule has 0 aliphatic rings. The van der Waals surface area contributed by atoms with Crippen LogP contribution in [-0.4, -0.2) is 11.3 Å². The van der Waals surface area contributed by atoms with Gasteiger partial charge in [0.05, 0.1) is 17.2 Å². The number of rotatable bonds is 2. The maximum absolute atomic E-state index is 12.0. The van der Waals surface area contributed by atoms with Gasteiger partial charge in [0.2, 0.25) is 5.43 Å². The van der Waals surface area contributed by atoms with E-state index in [1.165, 1.54) is 12.5 Å². The van der Waals surface area contributed by atoms with E-state index in [9.17, 15) is 4.79 Å². The molecule has 3 N–H and O–H groups in total. The van der Waals surface area contributed by atoms with Gasteiger partial charge in [0.15, 0.2) is 5.11 Å². The van der Waals surface area contributed by atoms with Gasteiger partial charge in [-0.2, -0.15) is 5.10 Å². The predicted octanol–water partition coefficient (Wildman–Crippen LogP) is 1.61. The van der Waals surface area contributed by atoms with E-state index in [-0.39, 0.29) is 16.1 Å². The lowest BCUT2D eigenvalue weighted by Crippen LogP contribution is -2.24. The van der Waals surface area contributed by atoms with Crippen molar-refractivity contribution in [1.29, 1.82) is 0 Å². The molecule has 0 bridgehead atoms. The van der Waals surface area contributed by atoms with Gasteiger partial charge >= 0.3 is 0 Å². The summed E-state index contributed by atoms with van der Waals surface area (Å²) in [6.45, 7) is 0. The Hall–Kier alpha value is -1.92. The van der Waals surface area contributed by atoms with Crippen molar-refractivity contribution in [2.45, 2.75) is 0 Å². The standard InChI is InChI=1S/C11H8ClN3O2S/c12-7-1-2-8-9(3-7)17-5-6(10(8)16)4-14-15-11(13)18/h1-5H,(H3,13,15,18)/b14-4-. The van der Waals surface area contributed by atoms with Crippen molar-refractivity contribution in [1.82, 2.24) is 5.43 Å². The van der Waals surface area contributed by atoms with Crippen molar-refractivity contribution in [2.75, 3.05) is 0 Å². The molecule has 1 aromatic carbocycles. The van der Waals surface area contributed by atoms with E-state index < -0.39 is 0 Å². The molecule has 18 heavy (non-hydrogen) atoms. The normalized spacial score (nSPS) is 10.9. The van der Waals surface area contributed by atoms with Crippen molar-refractivity contribution < 1.29 is 4.42 Å². The molecule has 0 aliphatic carbocycles. The molecule has 0 fully saturated rings. The molecule has 92 valence electrons. The molecular formula is C11H8ClN3O2S. The van der Waals surface area contributed by atoms with Gasteiger partial charge < -0.3 is 10.2 Å². The monoisotopic (exact) mass is 281 g/mol. The van der Waals surface area contributed by atoms with Gasteiger partial charge in [0, 0.05) is 11.1 Å². The van der Waals surface area contributed by atoms with Crippen LogP contribution in [0.15, 0.2) is 38.8 Å². The molecule has 1 heterocycles. The van der Waals surface area contributed by atoms with Crippen LogP contribution in [0.3, 0.4) is 0 Å². The molecule has 2 rings (SSSR count). The van der Waals surface area contributed by atoms with Crippen LogP contribution in [0.1, 0.15) is 5.56 Å². The Morgan fingerprint density at radius 3 is 3.06 bits per heavy atom. The van der Waals surface area contributed by atoms with Gasteiger partial charge in [-0.15, -0.1) is 0 Å². The summed E-state index contributed by atoms with van der Waals surface area (Å²) in [5, 5.41) is 4.65. The molecule has 5 nitrogen and oxygen atoms in total. The van der Waals surface area contributed by atoms with Gasteiger partial charge in [-0.05, 0) is 24.4 Å². The van der Waals surface area contributed by atoms with Gasteiger partial charge in [-0.3, -0.25) is 10.2 Å². The van der Waals surface area contributed by atoms with E-state index in [0.717, 1.165) is 0 Å². The van der Waals surface area contributed by atoms with Crippen LogP contribution in [0.4, 0.5) is 0 Å². The van der Waals surface area contributed by atoms with Crippen molar-refractivity contribution in [3.05, 3.63) is 45.3 Å². The zero-order valence-electron chi connectivity index (χ0n) is 9.01. The molecule has 0 atom stereocenters. The number of hydrogen-bond donors (Lipinski definition) is 2. The molecule has 0 saturated heterocycles. The van der Waals surface area contributed by atoms with E-state index in [1.54, 1.807) is 18.2 Å². The number of halogens is 1. The maximum atomic E-state index is 12.0. The Morgan fingerprint density at radius 1 is 1.56 bits per heavy atom. The average Bonchev–Trinajstić information content (AvgIpc) is 2.31. The van der Waals surface area contributed by atoms with Crippen molar-refractivity contribution >= 4 is 46.1 Å². The highest BCUT2D eigenvalue weighted by Gasteiger charge is 2.05. The number of nitrogens with one attached hydrogen (secondary N) is 1. The minimum atomic E-state index is -0.207. The quantitative estimate of drug-likeness (QED) is 0.497. The minimum Gasteiger partial charge on any atom is -0.463 e. The summed E-state index contributed by atoms with van der Waals surface area (Å²) in [6.07, 6.45) is 2.59. The number of hydrogen-bond acceptors (Lipinski definition) is 4. The maximum Gasteiger partial charge on any atom is 0.201 e. The fourth-order valence-corrected chi connectivity index (χ4v) is 1.59. The van der Waals surface area contributed by atoms with E-state index in [2.05, 4.69) is 22.7 Å². The number of thiocarbonyl (C=S) groups is 1. The molecule has 1 aromatic heterocycles. The third kappa shape index (κ3) is 2.66. The summed E-state index contributed by atoms with van der Waals surface area (Å²) in [6, 6.07) is 4.79. The van der Waals surface area contributed by atoms with Crippen LogP contribution in [0.5, 0.6) is 0 Å². The smallest absolute Gasteiger partial charge is 0.201 e. The molecule has 0 unspecified atom stereocenters. The molecule has 0 spiro atoms. The zero-order valence-corrected chi connectivity index (χ0v) is 10.6. The first-order chi connectivity index (χ1) is 8.58. The largest absolute Gasteiger partial charge is 0.463 e. The van der Waals surface area contributed by atoms with Gasteiger partial charge in [0.1, 0.15) is 11.8 Å². The van der Waals surface area contributed by atoms with Gasteiger partial charge in [0.25, 0.3) is 0 Å². The van der Waals surface area contributed by atoms with Gasteiger partial charge in [-0.25, -0.2) is 0 Å². The lowest BCUT2D eigenvalue weighted by molar-refractivity contribution is 0.601. The number of benzene rings is 1. The fourth-order valence-electron chi connectivity index (χ4n) is 1.37. The molecule has 0 radical (unpaired) electrons. The van der Waals surface area contributed by atoms with E-state index in [4.69, 9.17) is 21.8 Å². The summed E-state index contributed by atoms with van der Waals surface area (Å²) in [5.74, 6) is 0. The Balaban J connectivity index is 2.45. The molecular weight excluding hydrogens is 274 g/mol. The third-order valence-corrected chi connectivity index (χ3v) is 2.47. The number of nitrogens with two attached hydrogens (primary N) is 1. The Kier molecular flexibility index (Phi) is 3.59. The molecule has 2 aromatic rings. The van der Waals surface area contributed by atoms with Crippen LogP contribution >= 0.6 is 23.8 Å². The summed E-state index contributed by atoms with van der Waals surface area (Å²) >= 11 is 10.4. The van der Waals surface area contributed by atoms with E-state index in [1.807, 2.05) is 0 Å². The molecule has 0 saturated carbocycles. The second-order valence-corrected chi connectivity index (χ2v) is 4.27. The SMILES string of the molecule is NC(=S)N/N=C\c1coc2cc(Cl)ccc2c1=O. The first kappa shape index (κ1) is 12.5. The van der Waals surface area contributed by atoms with Gasteiger partial charge in [-0.1, -0.05) is 11.6 Å². The highest BCUT2D eigenvalue weighted by molar-refractivity contribution is 7.80. The number of hydrazone groups is 1. The second kappa shape index (κ2) is 5.16. The van der Waals surface area contributed by atoms with Crippen molar-refractivity contribution in [2.24, 2.45) is 10.8 Å². The fraction of sp³-hybridized carbons (Fsp3) is 0. The Morgan fingerprint density at radius 2 is 2.33 bits per heavy atom. The lowest BCUT2D eigenvalue weighted by atomic mass is 10.2. The van der Waals surface area contributed by atoms with Crippen molar-refractivity contribution in [3.8, 4) is 0 Å². The zero-order chi connectivity index (χ0) is 13.1. The highest BCUT2D eigenvalue weighted by Crippen LogP contribution is 2.16. The van der Waals surface area contributed by atoms with Crippen molar-refractivity contribution in [3.63, 3.8) is 0 Å². The highest BCUT2D eigenvalue weighted by atomic mass is 35.5. The number of fused-ring (bicyclic) bond motifs is 1. The van der Waals surface area contributed by atoms with E-state index >= 15 is 0 Å². The lowest BCUT2D eigenvalue weighted by Gasteiger charge is -1.99. The van der Waals surface area contributed by atoms with E-state index in [0.29, 0.717) is 16.0 Å². The summed E-state index contributed by atoms with van der Waals surface area (Å²) in [5.41, 5.74) is 8.05. The average molecular weight is 282 g/mol. The summed E-state index contributed by atoms with van der Waals surface area (Å²) in [7, 11) is 0. The predicted molar refractivity (Wildman–Crippen MR) is 75.0 cm³/mol. The van der Waals surface area contributed by atoms with Crippen LogP contribution in [0.25, 0.3) is 11.0 Å². The summed E-state index contributed by atoms with van der Waals surface area (Å²) in [4.78, 5) is 12.0. The van der Waals surface area contributed by atoms with Crippen LogP contribution in [0.2, 0.25) is 5.02 Å². The Bertz CT molecular complexity index is 696. The topological polar surface area (TPSA) is 80.6 Å². The van der Waals surface area contributed by atoms with Crippen LogP contribution in [-0.2, 0) is 0 Å². The third-order valence-electron chi connectivity index (χ3n) is 2.14. The first-order valence-corrected chi connectivity index (χ1v) is 5.66. The first-order valence-electron chi connectivity index (χ1n) is 4.87. The second-order valence-electron chi connectivity index (χ2n) is 3.39. The van der Waals surface area contributed by atoms with Crippen LogP contribution < -0.4 is 16.6 Å². The molecule has 0 aliphatic heterocycles. The number of nitrogens with zero attached hydrogens (tertiary/aromatic N) is 1. The molecule has 0 amide bonds. The minimum absolute atomic E-state index is 0.0169. The Labute approximate surface area is 112 Å². The van der Waals surface area contributed by atoms with Crippen LogP contribution in [0, 0.1) is 0 Å².